The fourth-order valence-electron chi connectivity index (χ4n) is 2.12. The Bertz CT molecular complexity index is 1150. The molecule has 0 amide bonds. The summed E-state index contributed by atoms with van der Waals surface area (Å²) in [5.74, 6) is -21.1. The molecule has 5 nitrogen and oxygen atoms in total. The average Bonchev–Trinajstić information content (AvgIpc) is 2.71. The highest BCUT2D eigenvalue weighted by atomic mass is 32.2. The van der Waals surface area contributed by atoms with Crippen LogP contribution in [0.15, 0.2) is 5.38 Å². The second-order valence-corrected chi connectivity index (χ2v) is 6.80. The van der Waals surface area contributed by atoms with Crippen LogP contribution in [-0.2, 0) is 0 Å². The third kappa shape index (κ3) is 3.31. The van der Waals surface area contributed by atoms with Gasteiger partial charge < -0.3 is 10.6 Å². The predicted octanol–water partition coefficient (Wildman–Crippen LogP) is 4.90. The number of ether oxygens (including phenoxy) is 1. The van der Waals surface area contributed by atoms with E-state index in [4.69, 9.17) is 5.84 Å². The lowest BCUT2D eigenvalue weighted by atomic mass is 10.2. The zero-order valence-electron chi connectivity index (χ0n) is 13.7. The highest BCUT2D eigenvalue weighted by Gasteiger charge is 2.34. The zero-order valence-corrected chi connectivity index (χ0v) is 14.5. The topological polar surface area (TPSA) is 71.8 Å². The molecule has 3 rings (SSSR count). The normalized spacial score (nSPS) is 11.7. The van der Waals surface area contributed by atoms with E-state index in [9.17, 15) is 43.9 Å². The monoisotopic (exact) mass is 467 g/mol. The van der Waals surface area contributed by atoms with E-state index in [-0.39, 0.29) is 4.91 Å². The Balaban J connectivity index is 2.19. The van der Waals surface area contributed by atoms with Crippen LogP contribution in [0.1, 0.15) is 0 Å². The Hall–Kier alpha value is -3.30. The summed E-state index contributed by atoms with van der Waals surface area (Å²) in [4.78, 5) is -1.22. The number of hydrogen-bond donors (Lipinski definition) is 3. The predicted molar refractivity (Wildman–Crippen MR) is 80.8 cm³/mol. The number of H-pyrrole nitrogens is 2. The first kappa shape index (κ1) is 21.4. The molecule has 0 aliphatic carbocycles. The Morgan fingerprint density at radius 3 is 1.53 bits per heavy atom. The molecule has 0 radical (unpaired) electrons. The molecule has 1 atom stereocenters. The number of hydrogen-bond acceptors (Lipinski definition) is 2. The lowest BCUT2D eigenvalue weighted by Gasteiger charge is -2.10. The molecule has 1 aromatic heterocycles. The maximum absolute atomic E-state index is 14.0. The minimum absolute atomic E-state index is 0.225. The largest absolute Gasteiger partial charge is 0.429 e. The number of nitrogens with one attached hydrogen (secondary N) is 2. The van der Waals surface area contributed by atoms with Crippen LogP contribution in [-0.4, -0.2) is 14.5 Å². The molecule has 0 saturated carbocycles. The first-order valence-electron chi connectivity index (χ1n) is 7.19. The van der Waals surface area contributed by atoms with Gasteiger partial charge in [0.1, 0.15) is 10.7 Å². The van der Waals surface area contributed by atoms with Gasteiger partial charge in [-0.15, -0.1) is 0 Å². The molecule has 30 heavy (non-hydrogen) atoms. The minimum Gasteiger partial charge on any atom is -0.429 e. The van der Waals surface area contributed by atoms with Crippen molar-refractivity contribution in [3.8, 4) is 16.5 Å². The van der Waals surface area contributed by atoms with Gasteiger partial charge in [-0.2, -0.15) is 17.6 Å². The molecule has 162 valence electrons. The molecular weight excluding hydrogens is 462 g/mol. The maximum Gasteiger partial charge on any atom is 0.280 e. The van der Waals surface area contributed by atoms with Gasteiger partial charge in [0.05, 0.1) is 0 Å². The van der Waals surface area contributed by atoms with Gasteiger partial charge in [-0.05, 0) is 0 Å². The second-order valence-electron chi connectivity index (χ2n) is 5.29. The van der Waals surface area contributed by atoms with E-state index in [0.717, 1.165) is 0 Å². The number of nitrogens with zero attached hydrogens (tertiary/aromatic N) is 1. The van der Waals surface area contributed by atoms with Crippen molar-refractivity contribution in [3.05, 3.63) is 63.6 Å². The summed E-state index contributed by atoms with van der Waals surface area (Å²) >= 11 is 0. The molecule has 0 bridgehead atoms. The van der Waals surface area contributed by atoms with Crippen LogP contribution in [0, 0.1) is 58.2 Å². The van der Waals surface area contributed by atoms with Crippen molar-refractivity contribution in [1.82, 2.24) is 14.5 Å². The van der Waals surface area contributed by atoms with Crippen LogP contribution in [0.25, 0.3) is 4.90 Å². The smallest absolute Gasteiger partial charge is 0.280 e. The summed E-state index contributed by atoms with van der Waals surface area (Å²) < 4.78 is 142. The van der Waals surface area contributed by atoms with Gasteiger partial charge in [-0.1, -0.05) is 9.39 Å². The fourth-order valence-corrected chi connectivity index (χ4v) is 3.52. The molecule has 4 N–H and O–H groups in total. The van der Waals surface area contributed by atoms with Crippen LogP contribution in [0.5, 0.6) is 11.6 Å². The molecule has 0 fully saturated rings. The summed E-state index contributed by atoms with van der Waals surface area (Å²) in [6, 6.07) is 0. The van der Waals surface area contributed by atoms with Crippen molar-refractivity contribution >= 4 is 10.7 Å². The Morgan fingerprint density at radius 1 is 0.667 bits per heavy atom. The first-order chi connectivity index (χ1) is 14.0. The van der Waals surface area contributed by atoms with E-state index in [1.807, 2.05) is 9.59 Å². The van der Waals surface area contributed by atoms with E-state index in [1.165, 1.54) is 0 Å². The Morgan fingerprint density at radius 2 is 1.07 bits per heavy atom. The SMILES string of the molecule is Nn1[nH]c(Oc2c(F)c(F)c(F)c(F)c2F)c[s+](-c2c(F)c(F)c(F)c(F)c2F)[nH]1. The lowest BCUT2D eigenvalue weighted by Crippen LogP contribution is -2.17. The Kier molecular flexibility index (Phi) is 5.36. The standard InChI is InChI=1S/C14H5F10N4OS/c15-3-5(17)9(21)13(10(22)6(3)18)29-2-1-30(27-28(25)26-2)14-11(23)7(19)4(16)8(20)12(14)24/h1,26-27H,25H2/q+1. The van der Waals surface area contributed by atoms with Crippen LogP contribution in [0.4, 0.5) is 43.9 Å². The minimum atomic E-state index is -2.48. The van der Waals surface area contributed by atoms with Gasteiger partial charge in [0.25, 0.3) is 10.8 Å². The van der Waals surface area contributed by atoms with E-state index in [2.05, 4.69) is 4.74 Å². The van der Waals surface area contributed by atoms with Crippen molar-refractivity contribution in [1.29, 1.82) is 0 Å². The molecule has 0 aliphatic rings. The molecule has 16 heteroatoms. The number of aromatic nitrogens is 3. The van der Waals surface area contributed by atoms with Crippen molar-refractivity contribution in [3.63, 3.8) is 0 Å². The van der Waals surface area contributed by atoms with Crippen LogP contribution < -0.4 is 10.6 Å². The van der Waals surface area contributed by atoms with Crippen LogP contribution >= 0.6 is 10.7 Å². The zero-order chi connectivity index (χ0) is 22.5. The summed E-state index contributed by atoms with van der Waals surface area (Å²) in [5.41, 5.74) is 0. The summed E-state index contributed by atoms with van der Waals surface area (Å²) in [6.07, 6.45) is 0. The number of halogens is 10. The number of benzene rings is 2. The average molecular weight is 467 g/mol. The maximum atomic E-state index is 14.0. The number of aromatic amines is 2. The molecule has 3 aromatic rings. The molecule has 1 heterocycles. The third-order valence-corrected chi connectivity index (χ3v) is 5.06. The molecule has 0 spiro atoms. The number of nitrogens with two attached hydrogens (primary N) is 1. The van der Waals surface area contributed by atoms with Crippen molar-refractivity contribution in [2.24, 2.45) is 0 Å². The van der Waals surface area contributed by atoms with Gasteiger partial charge in [0.15, 0.2) is 0 Å². The van der Waals surface area contributed by atoms with E-state index in [0.29, 0.717) is 5.38 Å². The summed E-state index contributed by atoms with van der Waals surface area (Å²) in [5, 5.41) is 2.42. The van der Waals surface area contributed by atoms with Gasteiger partial charge in [0.2, 0.25) is 69.3 Å². The van der Waals surface area contributed by atoms with Crippen molar-refractivity contribution < 1.29 is 48.6 Å². The summed E-state index contributed by atoms with van der Waals surface area (Å²) in [6.45, 7) is 0. The molecule has 1 unspecified atom stereocenters. The first-order valence-corrected chi connectivity index (χ1v) is 8.47. The highest BCUT2D eigenvalue weighted by Crippen LogP contribution is 2.38. The Labute approximate surface area is 160 Å². The second kappa shape index (κ2) is 7.51. The van der Waals surface area contributed by atoms with Crippen molar-refractivity contribution in [2.75, 3.05) is 5.84 Å². The molecule has 0 saturated heterocycles. The van der Waals surface area contributed by atoms with Crippen LogP contribution in [0.2, 0.25) is 0 Å². The van der Waals surface area contributed by atoms with Crippen LogP contribution in [0.3, 0.4) is 0 Å². The van der Waals surface area contributed by atoms with Gasteiger partial charge in [-0.25, -0.2) is 31.4 Å². The van der Waals surface area contributed by atoms with Gasteiger partial charge in [-0.3, -0.25) is 0 Å². The number of rotatable bonds is 3. The highest BCUT2D eigenvalue weighted by molar-refractivity contribution is 7.33. The van der Waals surface area contributed by atoms with Gasteiger partial charge in [0, 0.05) is 0 Å². The van der Waals surface area contributed by atoms with E-state index >= 15 is 0 Å². The lowest BCUT2D eigenvalue weighted by molar-refractivity contribution is 0.324. The van der Waals surface area contributed by atoms with Crippen molar-refractivity contribution in [2.45, 2.75) is 0 Å². The van der Waals surface area contributed by atoms with E-state index < -0.39 is 85.4 Å². The van der Waals surface area contributed by atoms with E-state index in [1.54, 1.807) is 0 Å². The number of nitrogen functional groups attached to an aromatic ring is 1. The third-order valence-electron chi connectivity index (χ3n) is 3.42. The summed E-state index contributed by atoms with van der Waals surface area (Å²) in [7, 11) is -2.32. The molecular formula is C14H5F10N4OS+. The quantitative estimate of drug-likeness (QED) is 0.169. The molecule has 0 aliphatic heterocycles. The fraction of sp³-hybridized carbons (Fsp3) is 0. The molecule has 2 aromatic carbocycles. The van der Waals surface area contributed by atoms with Gasteiger partial charge >= 0.3 is 0 Å².